The number of hydrogen-bond donors (Lipinski definition) is 1. The van der Waals surface area contributed by atoms with Crippen LogP contribution < -0.4 is 5.73 Å². The summed E-state index contributed by atoms with van der Waals surface area (Å²) in [4.78, 5) is 0. The van der Waals surface area contributed by atoms with Crippen molar-refractivity contribution in [3.63, 3.8) is 0 Å². The van der Waals surface area contributed by atoms with Crippen LogP contribution in [0.15, 0.2) is 36.7 Å². The molecular formula is C14H16F3N3. The number of benzene rings is 1. The van der Waals surface area contributed by atoms with Crippen molar-refractivity contribution >= 4 is 0 Å². The highest BCUT2D eigenvalue weighted by molar-refractivity contribution is 5.41. The first-order valence-corrected chi connectivity index (χ1v) is 6.37. The Morgan fingerprint density at radius 1 is 1.30 bits per heavy atom. The molecule has 0 bridgehead atoms. The summed E-state index contributed by atoms with van der Waals surface area (Å²) < 4.78 is 39.1. The summed E-state index contributed by atoms with van der Waals surface area (Å²) in [5.74, 6) is 0. The summed E-state index contributed by atoms with van der Waals surface area (Å²) in [5, 5.41) is 3.80. The molecule has 0 fully saturated rings. The van der Waals surface area contributed by atoms with E-state index in [1.807, 2.05) is 19.1 Å². The van der Waals surface area contributed by atoms with Crippen LogP contribution in [0.3, 0.4) is 0 Å². The van der Waals surface area contributed by atoms with E-state index in [0.29, 0.717) is 12.1 Å². The molecule has 20 heavy (non-hydrogen) atoms. The zero-order valence-electron chi connectivity index (χ0n) is 11.1. The van der Waals surface area contributed by atoms with E-state index in [2.05, 4.69) is 5.10 Å². The third-order valence-electron chi connectivity index (χ3n) is 3.15. The number of halogens is 3. The van der Waals surface area contributed by atoms with Gasteiger partial charge in [-0.05, 0) is 24.5 Å². The Hall–Kier alpha value is -1.82. The predicted octanol–water partition coefficient (Wildman–Crippen LogP) is 3.17. The number of rotatable bonds is 4. The molecule has 1 heterocycles. The summed E-state index contributed by atoms with van der Waals surface area (Å²) >= 11 is 0. The number of para-hydroxylation sites is 1. The Morgan fingerprint density at radius 2 is 2.00 bits per heavy atom. The smallest absolute Gasteiger partial charge is 0.327 e. The van der Waals surface area contributed by atoms with Gasteiger partial charge in [0.05, 0.1) is 17.4 Å². The van der Waals surface area contributed by atoms with Crippen LogP contribution in [0.5, 0.6) is 0 Å². The molecular weight excluding hydrogens is 267 g/mol. The molecule has 0 saturated carbocycles. The normalized spacial score (nSPS) is 13.4. The van der Waals surface area contributed by atoms with Gasteiger partial charge in [0.1, 0.15) is 0 Å². The number of hydrogen-bond acceptors (Lipinski definition) is 2. The first-order chi connectivity index (χ1) is 9.41. The van der Waals surface area contributed by atoms with Crippen molar-refractivity contribution in [2.75, 3.05) is 0 Å². The summed E-state index contributed by atoms with van der Waals surface area (Å²) in [5.41, 5.74) is 6.68. The van der Waals surface area contributed by atoms with Gasteiger partial charge in [0.15, 0.2) is 0 Å². The van der Waals surface area contributed by atoms with Crippen molar-refractivity contribution in [3.8, 4) is 5.69 Å². The minimum absolute atomic E-state index is 0.0196. The molecule has 1 unspecified atom stereocenters. The minimum atomic E-state index is -4.38. The van der Waals surface area contributed by atoms with Gasteiger partial charge < -0.3 is 5.73 Å². The Bertz CT molecular complexity index is 575. The van der Waals surface area contributed by atoms with E-state index in [1.165, 1.54) is 4.68 Å². The minimum Gasteiger partial charge on any atom is -0.327 e. The van der Waals surface area contributed by atoms with Gasteiger partial charge in [-0.25, -0.2) is 4.68 Å². The van der Waals surface area contributed by atoms with E-state index in [1.54, 1.807) is 12.1 Å². The van der Waals surface area contributed by atoms with Crippen molar-refractivity contribution in [3.05, 3.63) is 47.8 Å². The van der Waals surface area contributed by atoms with Crippen LogP contribution in [0.4, 0.5) is 13.2 Å². The maximum Gasteiger partial charge on any atom is 0.419 e. The highest BCUT2D eigenvalue weighted by atomic mass is 19.4. The maximum absolute atomic E-state index is 12.6. The van der Waals surface area contributed by atoms with E-state index in [9.17, 15) is 13.2 Å². The predicted molar refractivity (Wildman–Crippen MR) is 70.5 cm³/mol. The lowest BCUT2D eigenvalue weighted by atomic mass is 10.0. The van der Waals surface area contributed by atoms with Crippen LogP contribution in [-0.4, -0.2) is 15.8 Å². The zero-order chi connectivity index (χ0) is 14.8. The van der Waals surface area contributed by atoms with Gasteiger partial charge >= 0.3 is 6.18 Å². The summed E-state index contributed by atoms with van der Waals surface area (Å²) in [7, 11) is 0. The molecule has 1 aromatic heterocycles. The van der Waals surface area contributed by atoms with E-state index < -0.39 is 11.7 Å². The van der Waals surface area contributed by atoms with Crippen LogP contribution in [0, 0.1) is 0 Å². The molecule has 2 rings (SSSR count). The van der Waals surface area contributed by atoms with Gasteiger partial charge in [-0.1, -0.05) is 25.1 Å². The molecule has 6 heteroatoms. The Morgan fingerprint density at radius 3 is 2.60 bits per heavy atom. The lowest BCUT2D eigenvalue weighted by Gasteiger charge is -2.13. The van der Waals surface area contributed by atoms with Crippen molar-refractivity contribution in [1.82, 2.24) is 9.78 Å². The summed E-state index contributed by atoms with van der Waals surface area (Å²) in [6.45, 7) is 1.98. The van der Waals surface area contributed by atoms with Crippen LogP contribution in [-0.2, 0) is 12.6 Å². The zero-order valence-corrected chi connectivity index (χ0v) is 11.1. The Labute approximate surface area is 115 Å². The molecule has 108 valence electrons. The lowest BCUT2D eigenvalue weighted by Crippen LogP contribution is -2.22. The fraction of sp³-hybridized carbons (Fsp3) is 0.357. The second kappa shape index (κ2) is 5.66. The van der Waals surface area contributed by atoms with E-state index in [0.717, 1.165) is 24.4 Å². The van der Waals surface area contributed by atoms with Crippen LogP contribution in [0.1, 0.15) is 24.5 Å². The molecule has 1 aromatic carbocycles. The molecule has 0 aliphatic carbocycles. The highest BCUT2D eigenvalue weighted by Gasteiger charge is 2.32. The van der Waals surface area contributed by atoms with E-state index in [-0.39, 0.29) is 6.04 Å². The standard InChI is InChI=1S/C14H16F3N3/c1-2-12(18)7-10-5-3-4-6-13(10)20-9-11(8-19-20)14(15,16)17/h3-6,8-9,12H,2,7,18H2,1H3. The van der Waals surface area contributed by atoms with Gasteiger partial charge in [0, 0.05) is 12.2 Å². The topological polar surface area (TPSA) is 43.8 Å². The van der Waals surface area contributed by atoms with Crippen molar-refractivity contribution in [2.24, 2.45) is 5.73 Å². The number of nitrogens with zero attached hydrogens (tertiary/aromatic N) is 2. The largest absolute Gasteiger partial charge is 0.419 e. The van der Waals surface area contributed by atoms with E-state index >= 15 is 0 Å². The van der Waals surface area contributed by atoms with Gasteiger partial charge in [0.25, 0.3) is 0 Å². The third-order valence-corrected chi connectivity index (χ3v) is 3.15. The molecule has 1 atom stereocenters. The van der Waals surface area contributed by atoms with Crippen LogP contribution in [0.25, 0.3) is 5.69 Å². The second-order valence-electron chi connectivity index (χ2n) is 4.67. The molecule has 0 amide bonds. The first kappa shape index (κ1) is 14.6. The van der Waals surface area contributed by atoms with Gasteiger partial charge in [0.2, 0.25) is 0 Å². The average molecular weight is 283 g/mol. The number of alkyl halides is 3. The highest BCUT2D eigenvalue weighted by Crippen LogP contribution is 2.29. The first-order valence-electron chi connectivity index (χ1n) is 6.37. The fourth-order valence-corrected chi connectivity index (χ4v) is 1.93. The average Bonchev–Trinajstić information content (AvgIpc) is 2.88. The van der Waals surface area contributed by atoms with Crippen LogP contribution in [0.2, 0.25) is 0 Å². The third kappa shape index (κ3) is 3.19. The van der Waals surface area contributed by atoms with Gasteiger partial charge in [-0.3, -0.25) is 0 Å². The molecule has 0 aliphatic rings. The van der Waals surface area contributed by atoms with E-state index in [4.69, 9.17) is 5.73 Å². The van der Waals surface area contributed by atoms with Crippen molar-refractivity contribution < 1.29 is 13.2 Å². The number of nitrogens with two attached hydrogens (primary N) is 1. The van der Waals surface area contributed by atoms with Crippen molar-refractivity contribution in [1.29, 1.82) is 0 Å². The molecule has 0 spiro atoms. The maximum atomic E-state index is 12.6. The Kier molecular flexibility index (Phi) is 4.13. The Balaban J connectivity index is 2.35. The summed E-state index contributed by atoms with van der Waals surface area (Å²) in [6, 6.07) is 7.19. The van der Waals surface area contributed by atoms with Gasteiger partial charge in [-0.15, -0.1) is 0 Å². The quantitative estimate of drug-likeness (QED) is 0.936. The SMILES string of the molecule is CCC(N)Cc1ccccc1-n1cc(C(F)(F)F)cn1. The molecule has 0 radical (unpaired) electrons. The molecule has 0 aliphatic heterocycles. The second-order valence-corrected chi connectivity index (χ2v) is 4.67. The molecule has 2 aromatic rings. The number of aromatic nitrogens is 2. The molecule has 2 N–H and O–H groups in total. The molecule has 3 nitrogen and oxygen atoms in total. The summed E-state index contributed by atoms with van der Waals surface area (Å²) in [6.07, 6.45) is -1.14. The monoisotopic (exact) mass is 283 g/mol. The molecule has 0 saturated heterocycles. The fourth-order valence-electron chi connectivity index (χ4n) is 1.93. The lowest BCUT2D eigenvalue weighted by molar-refractivity contribution is -0.137. The van der Waals surface area contributed by atoms with Crippen LogP contribution >= 0.6 is 0 Å². The van der Waals surface area contributed by atoms with Crippen molar-refractivity contribution in [2.45, 2.75) is 32.0 Å². The van der Waals surface area contributed by atoms with Gasteiger partial charge in [-0.2, -0.15) is 18.3 Å².